The van der Waals surface area contributed by atoms with Crippen LogP contribution in [0.1, 0.15) is 80.2 Å². The van der Waals surface area contributed by atoms with Crippen molar-refractivity contribution in [2.75, 3.05) is 33.9 Å². The number of cyclic esters (lactones) is 1. The number of hydrogen-bond acceptors (Lipinski definition) is 11. The van der Waals surface area contributed by atoms with Crippen molar-refractivity contribution in [2.45, 2.75) is 147 Å². The Morgan fingerprint density at radius 3 is 2.31 bits per heavy atom. The highest BCUT2D eigenvalue weighted by atomic mass is 16.7. The summed E-state index contributed by atoms with van der Waals surface area (Å²) >= 11 is 0. The van der Waals surface area contributed by atoms with Gasteiger partial charge in [0.15, 0.2) is 6.29 Å². The summed E-state index contributed by atoms with van der Waals surface area (Å²) in [6, 6.07) is 9.71. The average molecular weight is 719 g/mol. The third-order valence-corrected chi connectivity index (χ3v) is 11.5. The smallest absolute Gasteiger partial charge is 0.311 e. The van der Waals surface area contributed by atoms with Crippen LogP contribution in [0.5, 0.6) is 0 Å². The van der Waals surface area contributed by atoms with Gasteiger partial charge in [0.2, 0.25) is 0 Å². The van der Waals surface area contributed by atoms with Gasteiger partial charge in [-0.25, -0.2) is 0 Å². The van der Waals surface area contributed by atoms with Gasteiger partial charge in [-0.05, 0) is 79.5 Å². The fraction of sp³-hybridized carbons (Fsp3) is 0.775. The molecule has 0 aliphatic carbocycles. The van der Waals surface area contributed by atoms with E-state index < -0.39 is 65.8 Å². The van der Waals surface area contributed by atoms with Gasteiger partial charge in [-0.3, -0.25) is 9.69 Å². The zero-order valence-corrected chi connectivity index (χ0v) is 32.6. The first-order chi connectivity index (χ1) is 24.0. The van der Waals surface area contributed by atoms with Gasteiger partial charge in [0, 0.05) is 31.1 Å². The molecule has 2 fully saturated rings. The highest BCUT2D eigenvalue weighted by Gasteiger charge is 2.51. The van der Waals surface area contributed by atoms with Crippen LogP contribution in [0.15, 0.2) is 42.5 Å². The third kappa shape index (κ3) is 9.99. The third-order valence-electron chi connectivity index (χ3n) is 11.5. The number of nitrogens with zero attached hydrogens (tertiary/aromatic N) is 2. The number of aliphatic hydroxyl groups is 3. The number of hydrogen-bond donors (Lipinski definition) is 3. The highest BCUT2D eigenvalue weighted by molar-refractivity contribution is 5.73. The van der Waals surface area contributed by atoms with Crippen molar-refractivity contribution in [3.05, 3.63) is 48.0 Å². The lowest BCUT2D eigenvalue weighted by molar-refractivity contribution is -0.303. The summed E-state index contributed by atoms with van der Waals surface area (Å²) in [5.74, 6) is -2.22. The van der Waals surface area contributed by atoms with E-state index in [0.29, 0.717) is 32.4 Å². The first kappa shape index (κ1) is 41.8. The van der Waals surface area contributed by atoms with E-state index in [1.807, 2.05) is 77.0 Å². The van der Waals surface area contributed by atoms with Gasteiger partial charge >= 0.3 is 5.97 Å². The molecule has 11 nitrogen and oxygen atoms in total. The van der Waals surface area contributed by atoms with Gasteiger partial charge < -0.3 is 43.9 Å². The molecule has 3 heterocycles. The van der Waals surface area contributed by atoms with E-state index in [0.717, 1.165) is 5.56 Å². The molecule has 1 aromatic carbocycles. The molecule has 0 spiro atoms. The quantitative estimate of drug-likeness (QED) is 0.290. The topological polar surface area (TPSA) is 130 Å². The zero-order valence-electron chi connectivity index (χ0n) is 32.6. The molecule has 2 saturated heterocycles. The molecule has 0 saturated carbocycles. The second-order valence-corrected chi connectivity index (χ2v) is 16.1. The van der Waals surface area contributed by atoms with Crippen LogP contribution in [0.2, 0.25) is 0 Å². The van der Waals surface area contributed by atoms with Crippen LogP contribution in [-0.2, 0) is 35.0 Å². The first-order valence-corrected chi connectivity index (χ1v) is 18.9. The van der Waals surface area contributed by atoms with Crippen molar-refractivity contribution in [3.63, 3.8) is 0 Å². The molecule has 51 heavy (non-hydrogen) atoms. The maximum Gasteiger partial charge on any atom is 0.311 e. The first-order valence-electron chi connectivity index (χ1n) is 18.9. The van der Waals surface area contributed by atoms with E-state index in [1.54, 1.807) is 13.8 Å². The van der Waals surface area contributed by atoms with Crippen LogP contribution in [0, 0.1) is 17.8 Å². The van der Waals surface area contributed by atoms with Crippen molar-refractivity contribution < 1.29 is 43.8 Å². The Labute approximate surface area is 306 Å². The molecule has 0 aromatic heterocycles. The van der Waals surface area contributed by atoms with Crippen LogP contribution in [0.4, 0.5) is 0 Å². The maximum atomic E-state index is 13.9. The molecule has 2 bridgehead atoms. The summed E-state index contributed by atoms with van der Waals surface area (Å²) in [4.78, 5) is 18.2. The lowest BCUT2D eigenvalue weighted by Gasteiger charge is -2.48. The van der Waals surface area contributed by atoms with E-state index in [1.165, 1.54) is 0 Å². The van der Waals surface area contributed by atoms with Gasteiger partial charge in [-0.15, -0.1) is 0 Å². The van der Waals surface area contributed by atoms with Crippen molar-refractivity contribution in [1.82, 2.24) is 9.80 Å². The average Bonchev–Trinajstić information content (AvgIpc) is 3.08. The van der Waals surface area contributed by atoms with Crippen LogP contribution in [0.25, 0.3) is 0 Å². The van der Waals surface area contributed by atoms with Gasteiger partial charge in [0.05, 0.1) is 43.0 Å². The summed E-state index contributed by atoms with van der Waals surface area (Å²) in [5.41, 5.74) is -1.45. The molecule has 3 aliphatic rings. The van der Waals surface area contributed by atoms with Crippen molar-refractivity contribution in [3.8, 4) is 0 Å². The fourth-order valence-electron chi connectivity index (χ4n) is 8.57. The predicted molar refractivity (Wildman–Crippen MR) is 196 cm³/mol. The summed E-state index contributed by atoms with van der Waals surface area (Å²) in [6.07, 6.45) is -0.516. The Balaban J connectivity index is 1.87. The minimum Gasteiger partial charge on any atom is -0.459 e. The highest BCUT2D eigenvalue weighted by Crippen LogP contribution is 2.39. The van der Waals surface area contributed by atoms with Crippen molar-refractivity contribution in [1.29, 1.82) is 0 Å². The summed E-state index contributed by atoms with van der Waals surface area (Å²) in [5, 5.41) is 35.8. The van der Waals surface area contributed by atoms with Crippen molar-refractivity contribution in [2.24, 2.45) is 17.8 Å². The van der Waals surface area contributed by atoms with Crippen LogP contribution in [-0.4, -0.2) is 131 Å². The molecule has 2 unspecified atom stereocenters. The standard InChI is InChI=1S/C40H66N2O9/c1-11-32-40(8,46)36-29(6)42(24-30-17-13-12-14-18-30)23-25(2)22-39(7,48-20-16-15-19-47-36)35(27(4)33(43)28(5)37(45)50-32)51-38-34(44)31(41(9)10)21-26(3)49-38/h12-18,25-29,31-36,38,43-44,46H,11,19-24H2,1-10H3/b16-15-/t25-,26-,27+,28?,29-,31+,32-,33?,34-,35-,36+,38+,39-,40-/m1/s1. The zero-order chi connectivity index (χ0) is 37.7. The molecular formula is C40H66N2O9. The number of fused-ring (bicyclic) bond motifs is 6. The number of aliphatic hydroxyl groups excluding tert-OH is 2. The van der Waals surface area contributed by atoms with E-state index in [2.05, 4.69) is 30.9 Å². The number of ether oxygens (including phenoxy) is 5. The lowest BCUT2D eigenvalue weighted by atomic mass is 9.77. The summed E-state index contributed by atoms with van der Waals surface area (Å²) in [6.45, 7) is 16.9. The Morgan fingerprint density at radius 2 is 1.67 bits per heavy atom. The van der Waals surface area contributed by atoms with E-state index >= 15 is 0 Å². The monoisotopic (exact) mass is 718 g/mol. The van der Waals surface area contributed by atoms with Gasteiger partial charge in [-0.2, -0.15) is 0 Å². The normalized spacial score (nSPS) is 43.2. The van der Waals surface area contributed by atoms with E-state index in [-0.39, 0.29) is 37.3 Å². The van der Waals surface area contributed by atoms with Crippen molar-refractivity contribution >= 4 is 5.97 Å². The molecule has 1 aromatic rings. The Bertz CT molecular complexity index is 1260. The van der Waals surface area contributed by atoms with Crippen LogP contribution < -0.4 is 0 Å². The van der Waals surface area contributed by atoms with Gasteiger partial charge in [0.1, 0.15) is 23.9 Å². The molecule has 3 N–H and O–H groups in total. The van der Waals surface area contributed by atoms with Gasteiger partial charge in [0.25, 0.3) is 0 Å². The molecular weight excluding hydrogens is 652 g/mol. The Morgan fingerprint density at radius 1 is 1.00 bits per heavy atom. The number of esters is 1. The largest absolute Gasteiger partial charge is 0.459 e. The molecule has 3 aliphatic heterocycles. The Hall–Kier alpha value is -1.93. The minimum atomic E-state index is -1.57. The van der Waals surface area contributed by atoms with E-state index in [4.69, 9.17) is 23.7 Å². The Kier molecular flexibility index (Phi) is 14.7. The van der Waals surface area contributed by atoms with Crippen LogP contribution >= 0.6 is 0 Å². The molecule has 11 heteroatoms. The molecule has 14 atom stereocenters. The maximum absolute atomic E-state index is 13.9. The number of likely N-dealkylation sites (N-methyl/N-ethyl adjacent to an activating group) is 1. The molecule has 0 amide bonds. The van der Waals surface area contributed by atoms with E-state index in [9.17, 15) is 20.1 Å². The SMILES string of the molecule is CC[C@H]1OC(=O)C(C)C(O)[C@H](C)[C@@H](O[C@@H]2O[C@H](C)C[C@H](N(C)C)[C@H]2O)[C@@]2(C)C[C@@H](C)CN(Cc3ccccc3)[C@H](C)[C@H](OC/C=C\CO2)[C@]1(C)O. The summed E-state index contributed by atoms with van der Waals surface area (Å²) in [7, 11) is 3.86. The van der Waals surface area contributed by atoms with Gasteiger partial charge in [-0.1, -0.05) is 63.3 Å². The molecule has 0 radical (unpaired) electrons. The fourth-order valence-corrected chi connectivity index (χ4v) is 8.57. The second-order valence-electron chi connectivity index (χ2n) is 16.1. The number of rotatable bonds is 6. The summed E-state index contributed by atoms with van der Waals surface area (Å²) < 4.78 is 32.5. The lowest BCUT2D eigenvalue weighted by Crippen LogP contribution is -2.60. The number of carbonyl (C=O) groups excluding carboxylic acids is 1. The second kappa shape index (κ2) is 17.9. The molecule has 290 valence electrons. The number of carbonyl (C=O) groups is 1. The number of benzene rings is 1. The predicted octanol–water partition coefficient (Wildman–Crippen LogP) is 4.16. The minimum absolute atomic E-state index is 0.0278. The van der Waals surface area contributed by atoms with Crippen LogP contribution in [0.3, 0.4) is 0 Å². The molecule has 4 rings (SSSR count).